The van der Waals surface area contributed by atoms with Crippen molar-refractivity contribution in [2.24, 2.45) is 0 Å². The molecular weight excluding hydrogens is 242 g/mol. The van der Waals surface area contributed by atoms with E-state index >= 15 is 0 Å². The lowest BCUT2D eigenvalue weighted by Gasteiger charge is -2.27. The first-order valence-corrected chi connectivity index (χ1v) is 7.42. The van der Waals surface area contributed by atoms with E-state index < -0.39 is 0 Å². The van der Waals surface area contributed by atoms with Crippen LogP contribution >= 0.6 is 11.3 Å². The molecule has 1 aliphatic rings. The number of β-amino-alcohol motifs (C(OH)–C–C–N with tert-alkyl or cyclic N) is 1. The highest BCUT2D eigenvalue weighted by molar-refractivity contribution is 7.11. The predicted octanol–water partition coefficient (Wildman–Crippen LogP) is 3.16. The van der Waals surface area contributed by atoms with Crippen LogP contribution in [-0.4, -0.2) is 35.7 Å². The van der Waals surface area contributed by atoms with Crippen LogP contribution < -0.4 is 0 Å². The van der Waals surface area contributed by atoms with E-state index in [0.29, 0.717) is 0 Å². The second-order valence-corrected chi connectivity index (χ2v) is 5.68. The van der Waals surface area contributed by atoms with Crippen LogP contribution in [0.1, 0.15) is 24.1 Å². The molecule has 0 bridgehead atoms. The Bertz CT molecular complexity index is 397. The number of allylic oxidation sites excluding steroid dienone is 1. The minimum atomic E-state index is -0.223. The quantitative estimate of drug-likeness (QED) is 0.797. The summed E-state index contributed by atoms with van der Waals surface area (Å²) < 4.78 is 0. The second-order valence-electron chi connectivity index (χ2n) is 4.74. The van der Waals surface area contributed by atoms with Crippen molar-refractivity contribution in [3.63, 3.8) is 0 Å². The van der Waals surface area contributed by atoms with E-state index in [9.17, 15) is 5.11 Å². The van der Waals surface area contributed by atoms with Crippen LogP contribution in [-0.2, 0) is 0 Å². The molecule has 0 saturated carbocycles. The zero-order chi connectivity index (χ0) is 12.8. The Labute approximate surface area is 113 Å². The molecule has 18 heavy (non-hydrogen) atoms. The summed E-state index contributed by atoms with van der Waals surface area (Å²) in [7, 11) is 0. The minimum absolute atomic E-state index is 0.223. The van der Waals surface area contributed by atoms with Gasteiger partial charge in [0.25, 0.3) is 0 Å². The van der Waals surface area contributed by atoms with Crippen molar-refractivity contribution >= 4 is 16.9 Å². The molecular formula is C15H21NOS. The fourth-order valence-corrected chi connectivity index (χ4v) is 3.06. The van der Waals surface area contributed by atoms with Gasteiger partial charge in [0.05, 0.1) is 6.10 Å². The van der Waals surface area contributed by atoms with Gasteiger partial charge in [0.2, 0.25) is 0 Å². The summed E-state index contributed by atoms with van der Waals surface area (Å²) in [4.78, 5) is 3.71. The molecule has 0 aromatic carbocycles. The lowest BCUT2D eigenvalue weighted by atomic mass is 10.1. The van der Waals surface area contributed by atoms with Gasteiger partial charge in [0.15, 0.2) is 0 Å². The number of hydrogen-bond donors (Lipinski definition) is 1. The molecule has 0 spiro atoms. The number of hydrogen-bond acceptors (Lipinski definition) is 3. The maximum Gasteiger partial charge on any atom is 0.0670 e. The lowest BCUT2D eigenvalue weighted by Crippen LogP contribution is -2.35. The smallest absolute Gasteiger partial charge is 0.0670 e. The standard InChI is InChI=1S/C15H21NOS/c1-2-3-5-14(17)12-16-9-7-13(8-10-16)15-6-4-11-18-15/h2,4,6-7,11,14,17H,1,3,5,8-10,12H2. The zero-order valence-electron chi connectivity index (χ0n) is 10.7. The van der Waals surface area contributed by atoms with E-state index in [4.69, 9.17) is 0 Å². The maximum absolute atomic E-state index is 9.87. The molecule has 0 saturated heterocycles. The monoisotopic (exact) mass is 263 g/mol. The molecule has 1 aliphatic heterocycles. The number of aliphatic hydroxyl groups is 1. The average molecular weight is 263 g/mol. The van der Waals surface area contributed by atoms with Crippen LogP contribution in [0.4, 0.5) is 0 Å². The molecule has 1 N–H and O–H groups in total. The van der Waals surface area contributed by atoms with Crippen molar-refractivity contribution in [1.29, 1.82) is 0 Å². The van der Waals surface area contributed by atoms with Gasteiger partial charge < -0.3 is 5.11 Å². The molecule has 0 aliphatic carbocycles. The van der Waals surface area contributed by atoms with Crippen molar-refractivity contribution in [1.82, 2.24) is 4.90 Å². The third-order valence-electron chi connectivity index (χ3n) is 3.30. The van der Waals surface area contributed by atoms with Crippen LogP contribution in [0, 0.1) is 0 Å². The summed E-state index contributed by atoms with van der Waals surface area (Å²) in [5, 5.41) is 12.0. The highest BCUT2D eigenvalue weighted by atomic mass is 32.1. The molecule has 1 aromatic rings. The number of nitrogens with zero attached hydrogens (tertiary/aromatic N) is 1. The number of thiophene rings is 1. The Morgan fingerprint density at radius 3 is 3.06 bits per heavy atom. The third kappa shape index (κ3) is 3.80. The Kier molecular flexibility index (Phi) is 5.17. The van der Waals surface area contributed by atoms with E-state index in [0.717, 1.165) is 38.9 Å². The highest BCUT2D eigenvalue weighted by Gasteiger charge is 2.16. The molecule has 98 valence electrons. The van der Waals surface area contributed by atoms with Crippen molar-refractivity contribution in [2.45, 2.75) is 25.4 Å². The fraction of sp³-hybridized carbons (Fsp3) is 0.467. The molecule has 0 amide bonds. The largest absolute Gasteiger partial charge is 0.392 e. The predicted molar refractivity (Wildman–Crippen MR) is 78.8 cm³/mol. The van der Waals surface area contributed by atoms with Gasteiger partial charge in [0.1, 0.15) is 0 Å². The first-order chi connectivity index (χ1) is 8.79. The van der Waals surface area contributed by atoms with E-state index in [-0.39, 0.29) is 6.10 Å². The lowest BCUT2D eigenvalue weighted by molar-refractivity contribution is 0.111. The van der Waals surface area contributed by atoms with Gasteiger partial charge in [0, 0.05) is 24.5 Å². The van der Waals surface area contributed by atoms with Crippen molar-refractivity contribution < 1.29 is 5.11 Å². The minimum Gasteiger partial charge on any atom is -0.392 e. The molecule has 1 atom stereocenters. The number of aliphatic hydroxyl groups excluding tert-OH is 1. The van der Waals surface area contributed by atoms with Gasteiger partial charge in [-0.3, -0.25) is 4.90 Å². The van der Waals surface area contributed by atoms with Gasteiger partial charge in [-0.2, -0.15) is 0 Å². The maximum atomic E-state index is 9.87. The Balaban J connectivity index is 1.80. The highest BCUT2D eigenvalue weighted by Crippen LogP contribution is 2.26. The first kappa shape index (κ1) is 13.5. The van der Waals surface area contributed by atoms with Crippen LogP contribution in [0.25, 0.3) is 5.57 Å². The van der Waals surface area contributed by atoms with Crippen LogP contribution in [0.15, 0.2) is 36.2 Å². The van der Waals surface area contributed by atoms with E-state index in [2.05, 4.69) is 35.1 Å². The van der Waals surface area contributed by atoms with Gasteiger partial charge in [-0.25, -0.2) is 0 Å². The third-order valence-corrected chi connectivity index (χ3v) is 4.25. The topological polar surface area (TPSA) is 23.5 Å². The zero-order valence-corrected chi connectivity index (χ0v) is 11.5. The van der Waals surface area contributed by atoms with Gasteiger partial charge >= 0.3 is 0 Å². The summed E-state index contributed by atoms with van der Waals surface area (Å²) in [6.07, 6.45) is 6.75. The summed E-state index contributed by atoms with van der Waals surface area (Å²) in [6, 6.07) is 4.29. The SMILES string of the molecule is C=CCCC(O)CN1CC=C(c2cccs2)CC1. The molecule has 0 radical (unpaired) electrons. The molecule has 1 unspecified atom stereocenters. The van der Waals surface area contributed by atoms with Crippen LogP contribution in [0.5, 0.6) is 0 Å². The Morgan fingerprint density at radius 1 is 1.56 bits per heavy atom. The summed E-state index contributed by atoms with van der Waals surface area (Å²) in [5.74, 6) is 0. The fourth-order valence-electron chi connectivity index (χ4n) is 2.26. The van der Waals surface area contributed by atoms with Crippen LogP contribution in [0.2, 0.25) is 0 Å². The van der Waals surface area contributed by atoms with E-state index in [1.54, 1.807) is 0 Å². The van der Waals surface area contributed by atoms with Crippen LogP contribution in [0.3, 0.4) is 0 Å². The molecule has 2 rings (SSSR count). The van der Waals surface area contributed by atoms with Crippen molar-refractivity contribution in [3.05, 3.63) is 41.1 Å². The summed E-state index contributed by atoms with van der Waals surface area (Å²) in [6.45, 7) is 6.47. The Hall–Kier alpha value is -0.900. The summed E-state index contributed by atoms with van der Waals surface area (Å²) >= 11 is 1.81. The first-order valence-electron chi connectivity index (χ1n) is 6.54. The normalized spacial score (nSPS) is 18.4. The molecule has 2 heterocycles. The summed E-state index contributed by atoms with van der Waals surface area (Å²) in [5.41, 5.74) is 1.46. The molecule has 3 heteroatoms. The molecule has 0 fully saturated rings. The molecule has 1 aromatic heterocycles. The van der Waals surface area contributed by atoms with Crippen molar-refractivity contribution in [3.8, 4) is 0 Å². The number of rotatable bonds is 6. The van der Waals surface area contributed by atoms with Crippen molar-refractivity contribution in [2.75, 3.05) is 19.6 Å². The van der Waals surface area contributed by atoms with E-state index in [1.165, 1.54) is 10.5 Å². The van der Waals surface area contributed by atoms with E-state index in [1.807, 2.05) is 17.4 Å². The molecule has 2 nitrogen and oxygen atoms in total. The second kappa shape index (κ2) is 6.88. The Morgan fingerprint density at radius 2 is 2.44 bits per heavy atom. The average Bonchev–Trinajstić information content (AvgIpc) is 2.91. The van der Waals surface area contributed by atoms with Gasteiger partial charge in [-0.1, -0.05) is 18.2 Å². The van der Waals surface area contributed by atoms with Gasteiger partial charge in [-0.05, 0) is 36.3 Å². The van der Waals surface area contributed by atoms with Gasteiger partial charge in [-0.15, -0.1) is 17.9 Å².